The molecule has 0 fully saturated rings. The first kappa shape index (κ1) is 13.4. The second kappa shape index (κ2) is 6.20. The van der Waals surface area contributed by atoms with E-state index in [0.717, 1.165) is 27.6 Å². The highest BCUT2D eigenvalue weighted by molar-refractivity contribution is 9.10. The standard InChI is InChI=1S/C13H14BrN3S/c1-3-11-16-12(15-2)8-13(17-11)18-10-6-4-9(14)5-7-10/h4-8H,3H2,1-2H3,(H,15,16,17). The summed E-state index contributed by atoms with van der Waals surface area (Å²) in [6.45, 7) is 2.06. The summed E-state index contributed by atoms with van der Waals surface area (Å²) in [5.74, 6) is 1.72. The Kier molecular flexibility index (Phi) is 4.60. The summed E-state index contributed by atoms with van der Waals surface area (Å²) < 4.78 is 1.08. The van der Waals surface area contributed by atoms with Gasteiger partial charge in [0.15, 0.2) is 0 Å². The van der Waals surface area contributed by atoms with Gasteiger partial charge in [0.2, 0.25) is 0 Å². The second-order valence-electron chi connectivity index (χ2n) is 3.67. The molecule has 1 aromatic carbocycles. The molecule has 0 atom stereocenters. The van der Waals surface area contributed by atoms with E-state index in [-0.39, 0.29) is 0 Å². The van der Waals surface area contributed by atoms with Gasteiger partial charge < -0.3 is 5.32 Å². The lowest BCUT2D eigenvalue weighted by Gasteiger charge is -2.06. The van der Waals surface area contributed by atoms with Crippen LogP contribution in [0.15, 0.2) is 44.7 Å². The first-order chi connectivity index (χ1) is 8.71. The zero-order valence-electron chi connectivity index (χ0n) is 10.3. The Morgan fingerprint density at radius 1 is 1.22 bits per heavy atom. The van der Waals surface area contributed by atoms with Crippen molar-refractivity contribution in [3.05, 3.63) is 40.6 Å². The molecule has 0 amide bonds. The van der Waals surface area contributed by atoms with Crippen molar-refractivity contribution in [1.82, 2.24) is 9.97 Å². The maximum absolute atomic E-state index is 4.52. The molecule has 5 heteroatoms. The van der Waals surface area contributed by atoms with Gasteiger partial charge in [-0.15, -0.1) is 0 Å². The molecule has 1 aromatic heterocycles. The molecule has 1 N–H and O–H groups in total. The molecule has 2 rings (SSSR count). The summed E-state index contributed by atoms with van der Waals surface area (Å²) >= 11 is 5.08. The molecular formula is C13H14BrN3S. The van der Waals surface area contributed by atoms with Crippen LogP contribution in [-0.2, 0) is 6.42 Å². The highest BCUT2D eigenvalue weighted by Gasteiger charge is 2.04. The molecular weight excluding hydrogens is 310 g/mol. The van der Waals surface area contributed by atoms with Gasteiger partial charge in [-0.1, -0.05) is 34.6 Å². The monoisotopic (exact) mass is 323 g/mol. The van der Waals surface area contributed by atoms with Gasteiger partial charge in [-0.3, -0.25) is 0 Å². The summed E-state index contributed by atoms with van der Waals surface area (Å²) in [6, 6.07) is 10.2. The number of nitrogens with one attached hydrogen (secondary N) is 1. The van der Waals surface area contributed by atoms with Crippen LogP contribution in [-0.4, -0.2) is 17.0 Å². The van der Waals surface area contributed by atoms with Crippen molar-refractivity contribution >= 4 is 33.5 Å². The number of rotatable bonds is 4. The minimum atomic E-state index is 0.837. The van der Waals surface area contributed by atoms with Crippen molar-refractivity contribution in [2.75, 3.05) is 12.4 Å². The first-order valence-corrected chi connectivity index (χ1v) is 7.31. The van der Waals surface area contributed by atoms with E-state index in [2.05, 4.69) is 50.3 Å². The number of anilines is 1. The lowest BCUT2D eigenvalue weighted by molar-refractivity contribution is 0.891. The predicted octanol–water partition coefficient (Wildman–Crippen LogP) is 3.99. The van der Waals surface area contributed by atoms with Gasteiger partial charge in [-0.2, -0.15) is 0 Å². The van der Waals surface area contributed by atoms with Crippen molar-refractivity contribution in [2.24, 2.45) is 0 Å². The van der Waals surface area contributed by atoms with Gasteiger partial charge >= 0.3 is 0 Å². The molecule has 94 valence electrons. The van der Waals surface area contributed by atoms with Crippen molar-refractivity contribution < 1.29 is 0 Å². The summed E-state index contributed by atoms with van der Waals surface area (Å²) in [5.41, 5.74) is 0. The molecule has 0 aliphatic carbocycles. The first-order valence-electron chi connectivity index (χ1n) is 5.70. The molecule has 1 heterocycles. The fourth-order valence-corrected chi connectivity index (χ4v) is 2.53. The number of benzene rings is 1. The third-order valence-corrected chi connectivity index (χ3v) is 3.81. The minimum absolute atomic E-state index is 0.837. The van der Waals surface area contributed by atoms with Crippen LogP contribution in [0.1, 0.15) is 12.7 Å². The van der Waals surface area contributed by atoms with Gasteiger partial charge in [-0.05, 0) is 24.3 Å². The lowest BCUT2D eigenvalue weighted by atomic mass is 10.4. The van der Waals surface area contributed by atoms with Crippen LogP contribution >= 0.6 is 27.7 Å². The zero-order valence-corrected chi connectivity index (χ0v) is 12.7. The third-order valence-electron chi connectivity index (χ3n) is 2.36. The van der Waals surface area contributed by atoms with Gasteiger partial charge in [0.05, 0.1) is 0 Å². The molecule has 18 heavy (non-hydrogen) atoms. The van der Waals surface area contributed by atoms with Gasteiger partial charge in [-0.25, -0.2) is 9.97 Å². The maximum atomic E-state index is 4.52. The lowest BCUT2D eigenvalue weighted by Crippen LogP contribution is -2.00. The summed E-state index contributed by atoms with van der Waals surface area (Å²) in [6.07, 6.45) is 0.837. The Labute approximate surface area is 120 Å². The summed E-state index contributed by atoms with van der Waals surface area (Å²) in [7, 11) is 1.87. The van der Waals surface area contributed by atoms with Gasteiger partial charge in [0.1, 0.15) is 16.7 Å². The van der Waals surface area contributed by atoms with Crippen LogP contribution in [0.25, 0.3) is 0 Å². The molecule has 0 saturated heterocycles. The topological polar surface area (TPSA) is 37.8 Å². The van der Waals surface area contributed by atoms with E-state index in [4.69, 9.17) is 0 Å². The molecule has 0 aliphatic rings. The van der Waals surface area contributed by atoms with Crippen LogP contribution in [0.2, 0.25) is 0 Å². The van der Waals surface area contributed by atoms with E-state index >= 15 is 0 Å². The Hall–Kier alpha value is -1.07. The predicted molar refractivity (Wildman–Crippen MR) is 79.2 cm³/mol. The Morgan fingerprint density at radius 2 is 1.94 bits per heavy atom. The second-order valence-corrected chi connectivity index (χ2v) is 5.68. The van der Waals surface area contributed by atoms with E-state index in [1.807, 2.05) is 25.2 Å². The fourth-order valence-electron chi connectivity index (χ4n) is 1.43. The van der Waals surface area contributed by atoms with Crippen LogP contribution in [0, 0.1) is 0 Å². The number of aryl methyl sites for hydroxylation is 1. The number of nitrogens with zero attached hydrogens (tertiary/aromatic N) is 2. The Morgan fingerprint density at radius 3 is 2.56 bits per heavy atom. The smallest absolute Gasteiger partial charge is 0.131 e. The van der Waals surface area contributed by atoms with E-state index in [1.165, 1.54) is 4.90 Å². The van der Waals surface area contributed by atoms with Crippen LogP contribution in [0.5, 0.6) is 0 Å². The minimum Gasteiger partial charge on any atom is -0.373 e. The Bertz CT molecular complexity index is 506. The normalized spacial score (nSPS) is 10.4. The third kappa shape index (κ3) is 3.46. The highest BCUT2D eigenvalue weighted by Crippen LogP contribution is 2.28. The van der Waals surface area contributed by atoms with Crippen molar-refractivity contribution in [3.8, 4) is 0 Å². The van der Waals surface area contributed by atoms with Gasteiger partial charge in [0.25, 0.3) is 0 Å². The Balaban J connectivity index is 2.25. The van der Waals surface area contributed by atoms with Crippen LogP contribution in [0.4, 0.5) is 5.82 Å². The fraction of sp³-hybridized carbons (Fsp3) is 0.231. The largest absolute Gasteiger partial charge is 0.373 e. The number of aromatic nitrogens is 2. The average molecular weight is 324 g/mol. The highest BCUT2D eigenvalue weighted by atomic mass is 79.9. The quantitative estimate of drug-likeness (QED) is 0.863. The molecule has 0 saturated carbocycles. The molecule has 0 spiro atoms. The van der Waals surface area contributed by atoms with Gasteiger partial charge in [0, 0.05) is 28.9 Å². The molecule has 2 aromatic rings. The maximum Gasteiger partial charge on any atom is 0.131 e. The molecule has 0 unspecified atom stereocenters. The van der Waals surface area contributed by atoms with Crippen molar-refractivity contribution in [1.29, 1.82) is 0 Å². The van der Waals surface area contributed by atoms with E-state index < -0.39 is 0 Å². The SMILES string of the molecule is CCc1nc(NC)cc(Sc2ccc(Br)cc2)n1. The van der Waals surface area contributed by atoms with E-state index in [0.29, 0.717) is 0 Å². The number of halogens is 1. The summed E-state index contributed by atoms with van der Waals surface area (Å²) in [4.78, 5) is 10.1. The average Bonchev–Trinajstić information content (AvgIpc) is 2.41. The van der Waals surface area contributed by atoms with Crippen LogP contribution in [0.3, 0.4) is 0 Å². The number of hydrogen-bond acceptors (Lipinski definition) is 4. The molecule has 0 radical (unpaired) electrons. The van der Waals surface area contributed by atoms with Crippen molar-refractivity contribution in [2.45, 2.75) is 23.3 Å². The molecule has 0 bridgehead atoms. The van der Waals surface area contributed by atoms with Crippen molar-refractivity contribution in [3.63, 3.8) is 0 Å². The summed E-state index contributed by atoms with van der Waals surface area (Å²) in [5, 5.41) is 4.03. The van der Waals surface area contributed by atoms with Crippen LogP contribution < -0.4 is 5.32 Å². The number of hydrogen-bond donors (Lipinski definition) is 1. The molecule has 0 aliphatic heterocycles. The van der Waals surface area contributed by atoms with E-state index in [1.54, 1.807) is 11.8 Å². The van der Waals surface area contributed by atoms with E-state index in [9.17, 15) is 0 Å². The zero-order chi connectivity index (χ0) is 13.0. The molecule has 3 nitrogen and oxygen atoms in total.